The van der Waals surface area contributed by atoms with Crippen LogP contribution in [0.25, 0.3) is 0 Å². The number of hydrogen-bond donors (Lipinski definition) is 0. The van der Waals surface area contributed by atoms with Crippen molar-refractivity contribution in [3.05, 3.63) is 101 Å². The fourth-order valence-electron chi connectivity index (χ4n) is 4.21. The number of thioether (sulfide) groups is 1. The summed E-state index contributed by atoms with van der Waals surface area (Å²) < 4.78 is 7.73. The highest BCUT2D eigenvalue weighted by Gasteiger charge is 2.35. The smallest absolute Gasteiger partial charge is 0.253 e. The second-order valence-corrected chi connectivity index (χ2v) is 9.42. The summed E-state index contributed by atoms with van der Waals surface area (Å²) in [6.45, 7) is 4.86. The van der Waals surface area contributed by atoms with Crippen LogP contribution in [-0.4, -0.2) is 37.1 Å². The zero-order valence-corrected chi connectivity index (χ0v) is 20.6. The molecule has 1 atom stereocenters. The van der Waals surface area contributed by atoms with E-state index in [0.717, 1.165) is 34.6 Å². The van der Waals surface area contributed by atoms with Gasteiger partial charge in [-0.25, -0.2) is 5.01 Å². The zero-order valence-electron chi connectivity index (χ0n) is 19.8. The molecule has 7 nitrogen and oxygen atoms in total. The van der Waals surface area contributed by atoms with Gasteiger partial charge in [0.1, 0.15) is 17.6 Å². The maximum absolute atomic E-state index is 13.4. The molecule has 1 aliphatic rings. The van der Waals surface area contributed by atoms with E-state index in [1.807, 2.05) is 42.5 Å². The van der Waals surface area contributed by atoms with Crippen molar-refractivity contribution >= 4 is 23.4 Å². The van der Waals surface area contributed by atoms with E-state index in [0.29, 0.717) is 12.8 Å². The molecule has 1 amide bonds. The van der Waals surface area contributed by atoms with Gasteiger partial charge in [0.05, 0.1) is 17.7 Å². The van der Waals surface area contributed by atoms with Gasteiger partial charge in [-0.15, -0.1) is 10.2 Å². The third-order valence-corrected chi connectivity index (χ3v) is 7.01. The fraction of sp³-hybridized carbons (Fsp3) is 0.259. The Morgan fingerprint density at radius 2 is 1.86 bits per heavy atom. The molecular weight excluding hydrogens is 458 g/mol. The van der Waals surface area contributed by atoms with Gasteiger partial charge in [-0.05, 0) is 37.1 Å². The highest BCUT2D eigenvalue weighted by Crippen LogP contribution is 2.34. The molecule has 0 saturated carbocycles. The molecule has 2 aromatic heterocycles. The summed E-state index contributed by atoms with van der Waals surface area (Å²) in [6.07, 6.45) is 2.95. The molecule has 8 heteroatoms. The summed E-state index contributed by atoms with van der Waals surface area (Å²) >= 11 is 1.39. The minimum atomic E-state index is -0.257. The van der Waals surface area contributed by atoms with Crippen molar-refractivity contribution in [1.29, 1.82) is 0 Å². The first-order valence-corrected chi connectivity index (χ1v) is 12.7. The zero-order chi connectivity index (χ0) is 24.2. The summed E-state index contributed by atoms with van der Waals surface area (Å²) in [5.74, 6) is 1.75. The monoisotopic (exact) mass is 485 g/mol. The molecule has 3 heterocycles. The minimum absolute atomic E-state index is 0.0891. The number of hydrogen-bond acceptors (Lipinski definition) is 6. The third kappa shape index (κ3) is 5.07. The average molecular weight is 486 g/mol. The number of hydrazone groups is 1. The van der Waals surface area contributed by atoms with E-state index in [1.165, 1.54) is 22.9 Å². The third-order valence-electron chi connectivity index (χ3n) is 6.06. The molecule has 178 valence electrons. The number of furan rings is 1. The highest BCUT2D eigenvalue weighted by molar-refractivity contribution is 7.99. The van der Waals surface area contributed by atoms with Crippen LogP contribution >= 0.6 is 11.8 Å². The van der Waals surface area contributed by atoms with Crippen LogP contribution in [0.15, 0.2) is 87.7 Å². The van der Waals surface area contributed by atoms with Gasteiger partial charge in [-0.2, -0.15) is 5.10 Å². The van der Waals surface area contributed by atoms with Crippen molar-refractivity contribution in [1.82, 2.24) is 19.8 Å². The lowest BCUT2D eigenvalue weighted by molar-refractivity contribution is -0.130. The molecule has 35 heavy (non-hydrogen) atoms. The standard InChI is InChI=1S/C27H27N5O2S/c1-3-31-25(16-20-8-5-4-6-9-20)28-29-27(31)35-18-26(33)32-23(24-10-7-15-34-24)17-22(30-32)21-13-11-19(2)12-14-21/h4-15,23H,3,16-18H2,1-2H3. The Hall–Kier alpha value is -3.65. The molecular formula is C27H27N5O2S. The van der Waals surface area contributed by atoms with Gasteiger partial charge in [0.15, 0.2) is 5.16 Å². The highest BCUT2D eigenvalue weighted by atomic mass is 32.2. The first-order chi connectivity index (χ1) is 17.1. The lowest BCUT2D eigenvalue weighted by Crippen LogP contribution is -2.28. The molecule has 0 saturated heterocycles. The van der Waals surface area contributed by atoms with E-state index in [9.17, 15) is 4.79 Å². The van der Waals surface area contributed by atoms with Crippen molar-refractivity contribution in [2.45, 2.75) is 44.4 Å². The Kier molecular flexibility index (Phi) is 6.81. The van der Waals surface area contributed by atoms with Gasteiger partial charge in [-0.1, -0.05) is 71.9 Å². The molecule has 1 unspecified atom stereocenters. The maximum Gasteiger partial charge on any atom is 0.253 e. The number of carbonyl (C=O) groups is 1. The topological polar surface area (TPSA) is 76.5 Å². The van der Waals surface area contributed by atoms with Crippen LogP contribution in [0.1, 0.15) is 47.7 Å². The molecule has 5 rings (SSSR count). The van der Waals surface area contributed by atoms with Crippen LogP contribution in [0.2, 0.25) is 0 Å². The normalized spacial score (nSPS) is 15.4. The Balaban J connectivity index is 1.32. The summed E-state index contributed by atoms with van der Waals surface area (Å²) in [4.78, 5) is 13.4. The Bertz CT molecular complexity index is 1310. The fourth-order valence-corrected chi connectivity index (χ4v) is 5.08. The summed E-state index contributed by atoms with van der Waals surface area (Å²) in [5, 5.41) is 15.8. The molecule has 0 spiro atoms. The quantitative estimate of drug-likeness (QED) is 0.318. The Morgan fingerprint density at radius 1 is 1.06 bits per heavy atom. The van der Waals surface area contributed by atoms with Crippen molar-refractivity contribution in [3.63, 3.8) is 0 Å². The van der Waals surface area contributed by atoms with E-state index in [-0.39, 0.29) is 17.7 Å². The van der Waals surface area contributed by atoms with Crippen molar-refractivity contribution < 1.29 is 9.21 Å². The lowest BCUT2D eigenvalue weighted by atomic mass is 10.0. The lowest BCUT2D eigenvalue weighted by Gasteiger charge is -2.19. The van der Waals surface area contributed by atoms with Gasteiger partial charge >= 0.3 is 0 Å². The number of rotatable bonds is 8. The number of carbonyl (C=O) groups excluding carboxylic acids is 1. The van der Waals surface area contributed by atoms with Crippen LogP contribution in [0, 0.1) is 6.92 Å². The van der Waals surface area contributed by atoms with Gasteiger partial charge in [-0.3, -0.25) is 4.79 Å². The molecule has 0 aliphatic carbocycles. The van der Waals surface area contributed by atoms with E-state index in [2.05, 4.69) is 52.9 Å². The molecule has 1 aliphatic heterocycles. The largest absolute Gasteiger partial charge is 0.467 e. The minimum Gasteiger partial charge on any atom is -0.467 e. The predicted octanol–water partition coefficient (Wildman–Crippen LogP) is 5.26. The molecule has 0 bridgehead atoms. The van der Waals surface area contributed by atoms with Crippen LogP contribution in [0.5, 0.6) is 0 Å². The van der Waals surface area contributed by atoms with Gasteiger partial charge in [0.25, 0.3) is 5.91 Å². The van der Waals surface area contributed by atoms with Crippen molar-refractivity contribution in [3.8, 4) is 0 Å². The maximum atomic E-state index is 13.4. The summed E-state index contributed by atoms with van der Waals surface area (Å²) in [5.41, 5.74) is 4.27. The van der Waals surface area contributed by atoms with Crippen molar-refractivity contribution in [2.75, 3.05) is 5.75 Å². The van der Waals surface area contributed by atoms with Gasteiger partial charge in [0.2, 0.25) is 0 Å². The van der Waals surface area contributed by atoms with Gasteiger partial charge < -0.3 is 8.98 Å². The average Bonchev–Trinajstić information content (AvgIpc) is 3.63. The van der Waals surface area contributed by atoms with Crippen LogP contribution in [0.4, 0.5) is 0 Å². The van der Waals surface area contributed by atoms with Crippen LogP contribution in [0.3, 0.4) is 0 Å². The Labute approximate surface area is 208 Å². The van der Waals surface area contributed by atoms with E-state index >= 15 is 0 Å². The molecule has 0 N–H and O–H groups in total. The number of aromatic nitrogens is 3. The van der Waals surface area contributed by atoms with Crippen LogP contribution < -0.4 is 0 Å². The molecule has 0 fully saturated rings. The number of amides is 1. The second kappa shape index (κ2) is 10.3. The first-order valence-electron chi connectivity index (χ1n) is 11.7. The number of nitrogens with zero attached hydrogens (tertiary/aromatic N) is 5. The van der Waals surface area contributed by atoms with Crippen LogP contribution in [-0.2, 0) is 17.8 Å². The molecule has 4 aromatic rings. The van der Waals surface area contributed by atoms with E-state index in [4.69, 9.17) is 9.52 Å². The number of aryl methyl sites for hydroxylation is 1. The summed E-state index contributed by atoms with van der Waals surface area (Å²) in [7, 11) is 0. The van der Waals surface area contributed by atoms with Gasteiger partial charge in [0, 0.05) is 19.4 Å². The van der Waals surface area contributed by atoms with E-state index < -0.39 is 0 Å². The Morgan fingerprint density at radius 3 is 2.57 bits per heavy atom. The SMILES string of the molecule is CCn1c(Cc2ccccc2)nnc1SCC(=O)N1N=C(c2ccc(C)cc2)CC1c1ccco1. The molecule has 0 radical (unpaired) electrons. The predicted molar refractivity (Wildman–Crippen MR) is 136 cm³/mol. The summed E-state index contributed by atoms with van der Waals surface area (Å²) in [6, 6.07) is 21.9. The van der Waals surface area contributed by atoms with E-state index in [1.54, 1.807) is 11.3 Å². The van der Waals surface area contributed by atoms with Crippen molar-refractivity contribution in [2.24, 2.45) is 5.10 Å². The first kappa shape index (κ1) is 23.1. The number of benzene rings is 2. The second-order valence-electron chi connectivity index (χ2n) is 8.48. The molecule has 2 aromatic carbocycles.